The van der Waals surface area contributed by atoms with E-state index in [4.69, 9.17) is 0 Å². The number of rotatable bonds is 2. The van der Waals surface area contributed by atoms with Crippen molar-refractivity contribution in [1.82, 2.24) is 9.55 Å². The summed E-state index contributed by atoms with van der Waals surface area (Å²) in [4.78, 5) is 4.66. The molecule has 0 radical (unpaired) electrons. The highest BCUT2D eigenvalue weighted by molar-refractivity contribution is 5.78. The minimum atomic E-state index is 0.624. The van der Waals surface area contributed by atoms with Crippen LogP contribution in [0.2, 0.25) is 0 Å². The summed E-state index contributed by atoms with van der Waals surface area (Å²) in [5, 5.41) is 3.23. The zero-order valence-electron chi connectivity index (χ0n) is 10.3. The normalized spacial score (nSPS) is 17.5. The van der Waals surface area contributed by atoms with E-state index < -0.39 is 0 Å². The molecule has 0 spiro atoms. The molecule has 0 saturated heterocycles. The van der Waals surface area contributed by atoms with Crippen molar-refractivity contribution in [2.45, 2.75) is 38.1 Å². The molecule has 2 aromatic rings. The lowest BCUT2D eigenvalue weighted by molar-refractivity contribution is 0.362. The maximum Gasteiger partial charge on any atom is 0.203 e. The van der Waals surface area contributed by atoms with Gasteiger partial charge in [-0.15, -0.1) is 0 Å². The summed E-state index contributed by atoms with van der Waals surface area (Å²) >= 11 is 0. The maximum absolute atomic E-state index is 4.66. The van der Waals surface area contributed by atoms with Gasteiger partial charge < -0.3 is 9.88 Å². The lowest BCUT2D eigenvalue weighted by Crippen LogP contribution is -2.14. The van der Waals surface area contributed by atoms with Crippen molar-refractivity contribution in [3.8, 4) is 0 Å². The quantitative estimate of drug-likeness (QED) is 0.853. The van der Waals surface area contributed by atoms with Crippen LogP contribution >= 0.6 is 0 Å². The average molecular weight is 229 g/mol. The smallest absolute Gasteiger partial charge is 0.203 e. The molecule has 17 heavy (non-hydrogen) atoms. The summed E-state index contributed by atoms with van der Waals surface area (Å²) in [5.41, 5.74) is 2.37. The van der Waals surface area contributed by atoms with Crippen LogP contribution in [0.15, 0.2) is 24.3 Å². The van der Waals surface area contributed by atoms with Gasteiger partial charge in [0.2, 0.25) is 5.95 Å². The first-order valence-corrected chi connectivity index (χ1v) is 6.55. The maximum atomic E-state index is 4.66. The van der Waals surface area contributed by atoms with Crippen LogP contribution < -0.4 is 5.32 Å². The van der Waals surface area contributed by atoms with Crippen molar-refractivity contribution in [2.24, 2.45) is 0 Å². The summed E-state index contributed by atoms with van der Waals surface area (Å²) in [5.74, 6) is 1.01. The van der Waals surface area contributed by atoms with E-state index in [1.807, 2.05) is 7.05 Å². The molecule has 1 saturated carbocycles. The Bertz CT molecular complexity index is 509. The van der Waals surface area contributed by atoms with Crippen molar-refractivity contribution < 1.29 is 0 Å². The van der Waals surface area contributed by atoms with Crippen LogP contribution in [0.4, 0.5) is 5.95 Å². The second-order valence-electron chi connectivity index (χ2n) is 4.84. The van der Waals surface area contributed by atoms with Crippen LogP contribution in [0.1, 0.15) is 38.1 Å². The average Bonchev–Trinajstić information content (AvgIpc) is 2.78. The van der Waals surface area contributed by atoms with E-state index in [0.29, 0.717) is 6.04 Å². The Morgan fingerprint density at radius 1 is 1.18 bits per heavy atom. The molecule has 1 aromatic heterocycles. The summed E-state index contributed by atoms with van der Waals surface area (Å²) in [7, 11) is 1.96. The zero-order valence-corrected chi connectivity index (χ0v) is 10.3. The third-order valence-corrected chi connectivity index (χ3v) is 3.76. The Morgan fingerprint density at radius 3 is 2.71 bits per heavy atom. The first kappa shape index (κ1) is 10.6. The number of aromatic nitrogens is 2. The molecule has 1 aliphatic rings. The molecule has 1 heterocycles. The SMILES string of the molecule is CNc1nc2ccccc2n1C1CCCCC1. The molecule has 0 unspecified atom stereocenters. The molecule has 1 fully saturated rings. The molecule has 0 amide bonds. The molecule has 1 N–H and O–H groups in total. The van der Waals surface area contributed by atoms with Gasteiger partial charge in [0.25, 0.3) is 0 Å². The molecular weight excluding hydrogens is 210 g/mol. The van der Waals surface area contributed by atoms with Crippen LogP contribution in [0, 0.1) is 0 Å². The van der Waals surface area contributed by atoms with E-state index in [1.165, 1.54) is 37.6 Å². The van der Waals surface area contributed by atoms with Gasteiger partial charge in [0, 0.05) is 13.1 Å². The second-order valence-corrected chi connectivity index (χ2v) is 4.84. The monoisotopic (exact) mass is 229 g/mol. The fourth-order valence-corrected chi connectivity index (χ4v) is 2.93. The van der Waals surface area contributed by atoms with Gasteiger partial charge in [0.05, 0.1) is 11.0 Å². The van der Waals surface area contributed by atoms with E-state index in [9.17, 15) is 0 Å². The van der Waals surface area contributed by atoms with E-state index >= 15 is 0 Å². The Labute approximate surface area is 102 Å². The van der Waals surface area contributed by atoms with Crippen LogP contribution in [-0.2, 0) is 0 Å². The highest BCUT2D eigenvalue weighted by atomic mass is 15.2. The Kier molecular flexibility index (Phi) is 2.75. The van der Waals surface area contributed by atoms with Crippen molar-refractivity contribution in [3.05, 3.63) is 24.3 Å². The molecule has 3 nitrogen and oxygen atoms in total. The minimum absolute atomic E-state index is 0.624. The second kappa shape index (κ2) is 4.40. The van der Waals surface area contributed by atoms with Crippen molar-refractivity contribution in [3.63, 3.8) is 0 Å². The number of hydrogen-bond acceptors (Lipinski definition) is 2. The van der Waals surface area contributed by atoms with Gasteiger partial charge in [-0.05, 0) is 25.0 Å². The molecule has 1 aliphatic carbocycles. The fourth-order valence-electron chi connectivity index (χ4n) is 2.93. The van der Waals surface area contributed by atoms with E-state index in [0.717, 1.165) is 11.5 Å². The van der Waals surface area contributed by atoms with Gasteiger partial charge in [0.15, 0.2) is 0 Å². The fraction of sp³-hybridized carbons (Fsp3) is 0.500. The number of anilines is 1. The Hall–Kier alpha value is -1.51. The van der Waals surface area contributed by atoms with Crippen LogP contribution in [0.5, 0.6) is 0 Å². The predicted octanol–water partition coefficient (Wildman–Crippen LogP) is 3.58. The highest BCUT2D eigenvalue weighted by Gasteiger charge is 2.20. The minimum Gasteiger partial charge on any atom is -0.359 e. The number of hydrogen-bond donors (Lipinski definition) is 1. The standard InChI is InChI=1S/C14H19N3/c1-15-14-16-12-9-5-6-10-13(12)17(14)11-7-3-2-4-8-11/h5-6,9-11H,2-4,7-8H2,1H3,(H,15,16). The summed E-state index contributed by atoms with van der Waals surface area (Å²) in [6.45, 7) is 0. The third kappa shape index (κ3) is 1.79. The van der Waals surface area contributed by atoms with Crippen LogP contribution in [0.3, 0.4) is 0 Å². The molecule has 3 rings (SSSR count). The molecule has 0 aliphatic heterocycles. The summed E-state index contributed by atoms with van der Waals surface area (Å²) < 4.78 is 2.40. The molecule has 0 bridgehead atoms. The topological polar surface area (TPSA) is 29.9 Å². The predicted molar refractivity (Wildman–Crippen MR) is 71.4 cm³/mol. The van der Waals surface area contributed by atoms with Crippen LogP contribution in [0.25, 0.3) is 11.0 Å². The summed E-state index contributed by atoms with van der Waals surface area (Å²) in [6, 6.07) is 9.05. The first-order chi connectivity index (χ1) is 8.40. The van der Waals surface area contributed by atoms with Gasteiger partial charge in [0.1, 0.15) is 0 Å². The van der Waals surface area contributed by atoms with Gasteiger partial charge in [-0.1, -0.05) is 31.4 Å². The zero-order chi connectivity index (χ0) is 11.7. The molecular formula is C14H19N3. The van der Waals surface area contributed by atoms with Crippen LogP contribution in [-0.4, -0.2) is 16.6 Å². The number of nitrogens with zero attached hydrogens (tertiary/aromatic N) is 2. The Morgan fingerprint density at radius 2 is 1.94 bits per heavy atom. The van der Waals surface area contributed by atoms with E-state index in [1.54, 1.807) is 0 Å². The molecule has 3 heteroatoms. The molecule has 0 atom stereocenters. The van der Waals surface area contributed by atoms with Crippen molar-refractivity contribution >= 4 is 17.0 Å². The number of benzene rings is 1. The number of nitrogens with one attached hydrogen (secondary N) is 1. The summed E-state index contributed by atoms with van der Waals surface area (Å²) in [6.07, 6.45) is 6.66. The van der Waals surface area contributed by atoms with Gasteiger partial charge in [-0.2, -0.15) is 0 Å². The number of para-hydroxylation sites is 2. The van der Waals surface area contributed by atoms with Gasteiger partial charge in [-0.3, -0.25) is 0 Å². The first-order valence-electron chi connectivity index (χ1n) is 6.55. The number of imidazole rings is 1. The van der Waals surface area contributed by atoms with E-state index in [-0.39, 0.29) is 0 Å². The van der Waals surface area contributed by atoms with Crippen molar-refractivity contribution in [2.75, 3.05) is 12.4 Å². The Balaban J connectivity index is 2.11. The lowest BCUT2D eigenvalue weighted by Gasteiger charge is -2.25. The third-order valence-electron chi connectivity index (χ3n) is 3.76. The lowest BCUT2D eigenvalue weighted by atomic mass is 9.95. The van der Waals surface area contributed by atoms with Gasteiger partial charge in [-0.25, -0.2) is 4.98 Å². The van der Waals surface area contributed by atoms with Crippen molar-refractivity contribution in [1.29, 1.82) is 0 Å². The van der Waals surface area contributed by atoms with Gasteiger partial charge >= 0.3 is 0 Å². The molecule has 1 aromatic carbocycles. The largest absolute Gasteiger partial charge is 0.359 e. The molecule has 90 valence electrons. The van der Waals surface area contributed by atoms with E-state index in [2.05, 4.69) is 39.1 Å². The highest BCUT2D eigenvalue weighted by Crippen LogP contribution is 2.33. The number of fused-ring (bicyclic) bond motifs is 1.